The number of carbonyl (C=O) groups is 1. The minimum absolute atomic E-state index is 0.0321. The number of nitrogens with one attached hydrogen (secondary N) is 3. The molecule has 186 valence electrons. The number of ether oxygens (including phenoxy) is 2. The van der Waals surface area contributed by atoms with Crippen LogP contribution >= 0.6 is 0 Å². The first-order valence-electron chi connectivity index (χ1n) is 10.2. The molecule has 3 aromatic rings. The zero-order chi connectivity index (χ0) is 25.8. The predicted molar refractivity (Wildman–Crippen MR) is 134 cm³/mol. The van der Waals surface area contributed by atoms with Gasteiger partial charge in [-0.25, -0.2) is 16.8 Å². The van der Waals surface area contributed by atoms with Crippen molar-refractivity contribution in [2.75, 3.05) is 35.2 Å². The molecule has 35 heavy (non-hydrogen) atoms. The van der Waals surface area contributed by atoms with E-state index in [0.29, 0.717) is 28.4 Å². The van der Waals surface area contributed by atoms with Gasteiger partial charge in [0.25, 0.3) is 15.9 Å². The van der Waals surface area contributed by atoms with E-state index < -0.39 is 26.0 Å². The molecule has 3 N–H and O–H groups in total. The average Bonchev–Trinajstić information content (AvgIpc) is 2.79. The lowest BCUT2D eigenvalue weighted by atomic mass is 10.1. The second-order valence-electron chi connectivity index (χ2n) is 7.55. The van der Waals surface area contributed by atoms with Gasteiger partial charge < -0.3 is 14.8 Å². The van der Waals surface area contributed by atoms with Crippen LogP contribution < -0.4 is 24.2 Å². The maximum Gasteiger partial charge on any atom is 0.262 e. The Bertz CT molecular complexity index is 1450. The molecule has 0 aromatic heterocycles. The van der Waals surface area contributed by atoms with Gasteiger partial charge in [-0.1, -0.05) is 6.07 Å². The number of methoxy groups -OCH3 is 2. The van der Waals surface area contributed by atoms with Crippen LogP contribution in [0.3, 0.4) is 0 Å². The maximum atomic E-state index is 12.9. The molecule has 0 aliphatic heterocycles. The topological polar surface area (TPSA) is 140 Å². The van der Waals surface area contributed by atoms with Gasteiger partial charge in [-0.05, 0) is 61.0 Å². The zero-order valence-electron chi connectivity index (χ0n) is 19.4. The SMILES string of the molecule is COc1ccc(OC)c(NS(=O)(=O)c2ccc(NC(=O)c3ccc(C)c(NS(C)(=O)=O)c3)cc2)c1. The van der Waals surface area contributed by atoms with Crippen LogP contribution in [0.5, 0.6) is 11.5 Å². The molecule has 0 fully saturated rings. The van der Waals surface area contributed by atoms with Gasteiger partial charge >= 0.3 is 0 Å². The lowest BCUT2D eigenvalue weighted by Gasteiger charge is -2.14. The van der Waals surface area contributed by atoms with Crippen LogP contribution in [-0.4, -0.2) is 43.2 Å². The Labute approximate surface area is 204 Å². The summed E-state index contributed by atoms with van der Waals surface area (Å²) in [4.78, 5) is 12.6. The number of anilines is 3. The van der Waals surface area contributed by atoms with Gasteiger partial charge in [0.2, 0.25) is 10.0 Å². The number of hydrogen-bond acceptors (Lipinski definition) is 7. The number of sulfonamides is 2. The summed E-state index contributed by atoms with van der Waals surface area (Å²) in [7, 11) is -4.58. The van der Waals surface area contributed by atoms with Crippen molar-refractivity contribution in [3.05, 3.63) is 71.8 Å². The Morgan fingerprint density at radius 3 is 2.09 bits per heavy atom. The summed E-state index contributed by atoms with van der Waals surface area (Å²) in [5.41, 5.74) is 1.74. The fraction of sp³-hybridized carbons (Fsp3) is 0.174. The van der Waals surface area contributed by atoms with E-state index in [1.807, 2.05) is 0 Å². The molecule has 0 unspecified atom stereocenters. The second kappa shape index (κ2) is 10.2. The van der Waals surface area contributed by atoms with Crippen LogP contribution in [0.25, 0.3) is 0 Å². The van der Waals surface area contributed by atoms with Crippen LogP contribution in [0, 0.1) is 6.92 Å². The van der Waals surface area contributed by atoms with Gasteiger partial charge in [-0.3, -0.25) is 14.2 Å². The molecule has 0 radical (unpaired) electrons. The van der Waals surface area contributed by atoms with Gasteiger partial charge in [0.1, 0.15) is 11.5 Å². The van der Waals surface area contributed by atoms with Crippen molar-refractivity contribution >= 4 is 43.0 Å². The third kappa shape index (κ3) is 6.64. The summed E-state index contributed by atoms with van der Waals surface area (Å²) in [6, 6.07) is 14.9. The third-order valence-electron chi connectivity index (χ3n) is 4.87. The molecule has 1 amide bonds. The van der Waals surface area contributed by atoms with Gasteiger partial charge in [-0.2, -0.15) is 0 Å². The number of rotatable bonds is 9. The Balaban J connectivity index is 1.77. The van der Waals surface area contributed by atoms with Crippen LogP contribution in [0.1, 0.15) is 15.9 Å². The number of carbonyl (C=O) groups excluding carboxylic acids is 1. The zero-order valence-corrected chi connectivity index (χ0v) is 21.1. The molecular weight excluding hydrogens is 494 g/mol. The Hall–Kier alpha value is -3.77. The molecule has 3 rings (SSSR count). The lowest BCUT2D eigenvalue weighted by Crippen LogP contribution is -2.15. The van der Waals surface area contributed by atoms with Gasteiger partial charge in [0.15, 0.2) is 0 Å². The summed E-state index contributed by atoms with van der Waals surface area (Å²) in [5.74, 6) is 0.282. The molecule has 0 bridgehead atoms. The molecule has 0 saturated heterocycles. The molecule has 0 saturated carbocycles. The summed E-state index contributed by atoms with van der Waals surface area (Å²) in [6.45, 7) is 1.71. The Kier molecular flexibility index (Phi) is 7.56. The first-order valence-corrected chi connectivity index (χ1v) is 13.5. The molecule has 0 aliphatic rings. The number of amides is 1. The Morgan fingerprint density at radius 2 is 1.49 bits per heavy atom. The summed E-state index contributed by atoms with van der Waals surface area (Å²) in [5, 5.41) is 2.66. The highest BCUT2D eigenvalue weighted by Gasteiger charge is 2.18. The van der Waals surface area contributed by atoms with Crippen molar-refractivity contribution in [1.29, 1.82) is 0 Å². The number of benzene rings is 3. The van der Waals surface area contributed by atoms with Crippen LogP contribution in [-0.2, 0) is 20.0 Å². The monoisotopic (exact) mass is 519 g/mol. The van der Waals surface area contributed by atoms with Crippen molar-refractivity contribution in [3.63, 3.8) is 0 Å². The standard InChI is InChI=1S/C23H25N3O7S2/c1-15-5-6-16(13-20(15)25-34(4,28)29)23(27)24-17-7-10-19(11-8-17)35(30,31)26-21-14-18(32-2)9-12-22(21)33-3/h5-14,25-26H,1-4H3,(H,24,27). The van der Waals surface area contributed by atoms with E-state index in [2.05, 4.69) is 14.8 Å². The minimum Gasteiger partial charge on any atom is -0.497 e. The van der Waals surface area contributed by atoms with E-state index in [9.17, 15) is 21.6 Å². The van der Waals surface area contributed by atoms with Gasteiger partial charge in [0.05, 0.1) is 36.7 Å². The van der Waals surface area contributed by atoms with E-state index >= 15 is 0 Å². The lowest BCUT2D eigenvalue weighted by molar-refractivity contribution is 0.102. The number of aryl methyl sites for hydroxylation is 1. The highest BCUT2D eigenvalue weighted by atomic mass is 32.2. The van der Waals surface area contributed by atoms with Crippen molar-refractivity contribution in [2.24, 2.45) is 0 Å². The van der Waals surface area contributed by atoms with Crippen LogP contribution in [0.15, 0.2) is 65.6 Å². The summed E-state index contributed by atoms with van der Waals surface area (Å²) >= 11 is 0. The van der Waals surface area contributed by atoms with Crippen LogP contribution in [0.4, 0.5) is 17.1 Å². The first-order chi connectivity index (χ1) is 16.4. The van der Waals surface area contributed by atoms with Crippen molar-refractivity contribution in [1.82, 2.24) is 0 Å². The third-order valence-corrected chi connectivity index (χ3v) is 6.84. The maximum absolute atomic E-state index is 12.9. The molecule has 10 nitrogen and oxygen atoms in total. The average molecular weight is 520 g/mol. The second-order valence-corrected chi connectivity index (χ2v) is 11.0. The van der Waals surface area contributed by atoms with Crippen molar-refractivity contribution in [2.45, 2.75) is 11.8 Å². The summed E-state index contributed by atoms with van der Waals surface area (Å²) in [6.07, 6.45) is 1.02. The van der Waals surface area contributed by atoms with E-state index in [1.165, 1.54) is 50.6 Å². The minimum atomic E-state index is -3.96. The molecule has 3 aromatic carbocycles. The van der Waals surface area contributed by atoms with Crippen molar-refractivity contribution in [3.8, 4) is 11.5 Å². The van der Waals surface area contributed by atoms with E-state index in [-0.39, 0.29) is 16.1 Å². The highest BCUT2D eigenvalue weighted by molar-refractivity contribution is 7.92. The fourth-order valence-corrected chi connectivity index (χ4v) is 4.77. The number of hydrogen-bond donors (Lipinski definition) is 3. The molecule has 0 heterocycles. The first kappa shape index (κ1) is 25.8. The predicted octanol–water partition coefficient (Wildman–Crippen LogP) is 3.44. The molecular formula is C23H25N3O7S2. The van der Waals surface area contributed by atoms with Crippen LogP contribution in [0.2, 0.25) is 0 Å². The van der Waals surface area contributed by atoms with E-state index in [1.54, 1.807) is 31.2 Å². The molecule has 0 spiro atoms. The van der Waals surface area contributed by atoms with E-state index in [4.69, 9.17) is 9.47 Å². The Morgan fingerprint density at radius 1 is 0.800 bits per heavy atom. The normalized spacial score (nSPS) is 11.4. The molecule has 12 heteroatoms. The van der Waals surface area contributed by atoms with Crippen molar-refractivity contribution < 1.29 is 31.1 Å². The highest BCUT2D eigenvalue weighted by Crippen LogP contribution is 2.31. The van der Waals surface area contributed by atoms with Gasteiger partial charge in [-0.15, -0.1) is 0 Å². The summed E-state index contributed by atoms with van der Waals surface area (Å²) < 4.78 is 64.0. The van der Waals surface area contributed by atoms with E-state index in [0.717, 1.165) is 6.26 Å². The van der Waals surface area contributed by atoms with Gasteiger partial charge in [0, 0.05) is 17.3 Å². The smallest absolute Gasteiger partial charge is 0.262 e. The molecule has 0 atom stereocenters. The molecule has 0 aliphatic carbocycles. The quantitative estimate of drug-likeness (QED) is 0.393. The largest absolute Gasteiger partial charge is 0.497 e. The fourth-order valence-electron chi connectivity index (χ4n) is 3.09.